The summed E-state index contributed by atoms with van der Waals surface area (Å²) in [7, 11) is -3.85. The predicted octanol–water partition coefficient (Wildman–Crippen LogP) is 1.38. The van der Waals surface area contributed by atoms with E-state index in [1.165, 1.54) is 12.1 Å². The van der Waals surface area contributed by atoms with E-state index in [9.17, 15) is 13.2 Å². The summed E-state index contributed by atoms with van der Waals surface area (Å²) in [5, 5.41) is 8.92. The van der Waals surface area contributed by atoms with E-state index in [0.29, 0.717) is 0 Å². The Morgan fingerprint density at radius 2 is 2.00 bits per heavy atom. The molecule has 1 aromatic carbocycles. The largest absolute Gasteiger partial charge is 0.480 e. The van der Waals surface area contributed by atoms with Gasteiger partial charge in [-0.1, -0.05) is 24.8 Å². The number of nitrogens with one attached hydrogen (secondary N) is 1. The van der Waals surface area contributed by atoms with Crippen LogP contribution in [-0.4, -0.2) is 31.3 Å². The van der Waals surface area contributed by atoms with Crippen LogP contribution in [0.25, 0.3) is 6.08 Å². The summed E-state index contributed by atoms with van der Waals surface area (Å²) >= 11 is 3.91. The van der Waals surface area contributed by atoms with Gasteiger partial charge in [0.2, 0.25) is 10.0 Å². The van der Waals surface area contributed by atoms with Crippen LogP contribution >= 0.6 is 12.6 Å². The summed E-state index contributed by atoms with van der Waals surface area (Å²) < 4.78 is 26.1. The van der Waals surface area contributed by atoms with E-state index in [2.05, 4.69) is 23.9 Å². The number of aliphatic carboxylic acids is 1. The maximum atomic E-state index is 12.0. The lowest BCUT2D eigenvalue weighted by Gasteiger charge is -2.13. The number of benzene rings is 1. The molecule has 19 heavy (non-hydrogen) atoms. The molecule has 0 fully saturated rings. The van der Waals surface area contributed by atoms with Crippen molar-refractivity contribution in [2.45, 2.75) is 17.4 Å². The van der Waals surface area contributed by atoms with Gasteiger partial charge < -0.3 is 5.11 Å². The highest BCUT2D eigenvalue weighted by Gasteiger charge is 2.24. The quantitative estimate of drug-likeness (QED) is 0.664. The lowest BCUT2D eigenvalue weighted by molar-refractivity contribution is -0.139. The average molecular weight is 301 g/mol. The molecule has 0 spiro atoms. The topological polar surface area (TPSA) is 83.5 Å². The summed E-state index contributed by atoms with van der Waals surface area (Å²) in [5.74, 6) is -0.949. The standard InChI is InChI=1S/C12H15NO4S2/c1-2-9-3-5-10(6-4-9)19(16,17)13-11(7-8-18)12(14)15/h2-6,11,13,18H,1,7-8H2,(H,14,15)/t11-/m0/s1. The Hall–Kier alpha value is -1.31. The third-order valence-electron chi connectivity index (χ3n) is 2.44. The molecule has 0 bridgehead atoms. The van der Waals surface area contributed by atoms with Crippen molar-refractivity contribution in [2.24, 2.45) is 0 Å². The van der Waals surface area contributed by atoms with Gasteiger partial charge in [-0.25, -0.2) is 8.42 Å². The maximum absolute atomic E-state index is 12.0. The van der Waals surface area contributed by atoms with Gasteiger partial charge in [-0.2, -0.15) is 17.4 Å². The molecule has 0 aliphatic heterocycles. The molecule has 1 atom stereocenters. The molecule has 0 heterocycles. The van der Waals surface area contributed by atoms with Crippen molar-refractivity contribution in [2.75, 3.05) is 5.75 Å². The fourth-order valence-electron chi connectivity index (χ4n) is 1.40. The minimum atomic E-state index is -3.85. The van der Waals surface area contributed by atoms with Crippen molar-refractivity contribution in [3.05, 3.63) is 36.4 Å². The van der Waals surface area contributed by atoms with E-state index in [0.717, 1.165) is 5.56 Å². The Kier molecular flexibility index (Phi) is 5.59. The summed E-state index contributed by atoms with van der Waals surface area (Å²) in [6.07, 6.45) is 1.70. The molecule has 7 heteroatoms. The molecular weight excluding hydrogens is 286 g/mol. The third kappa shape index (κ3) is 4.38. The van der Waals surface area contributed by atoms with Crippen molar-refractivity contribution >= 4 is 34.7 Å². The molecule has 1 aromatic rings. The van der Waals surface area contributed by atoms with Crippen molar-refractivity contribution in [1.82, 2.24) is 4.72 Å². The first kappa shape index (κ1) is 15.7. The first-order chi connectivity index (χ1) is 8.90. The fraction of sp³-hybridized carbons (Fsp3) is 0.250. The molecule has 0 aromatic heterocycles. The molecule has 0 unspecified atom stereocenters. The van der Waals surface area contributed by atoms with Crippen LogP contribution in [-0.2, 0) is 14.8 Å². The molecule has 0 aliphatic carbocycles. The molecule has 0 aliphatic rings. The number of rotatable bonds is 7. The first-order valence-electron chi connectivity index (χ1n) is 5.49. The van der Waals surface area contributed by atoms with Crippen LogP contribution in [0.3, 0.4) is 0 Å². The predicted molar refractivity (Wildman–Crippen MR) is 76.7 cm³/mol. The Morgan fingerprint density at radius 3 is 2.42 bits per heavy atom. The molecule has 104 valence electrons. The zero-order valence-corrected chi connectivity index (χ0v) is 11.8. The molecule has 0 amide bonds. The van der Waals surface area contributed by atoms with Gasteiger partial charge in [0, 0.05) is 0 Å². The van der Waals surface area contributed by atoms with E-state index in [-0.39, 0.29) is 17.1 Å². The smallest absolute Gasteiger partial charge is 0.321 e. The third-order valence-corrected chi connectivity index (χ3v) is 4.19. The molecule has 1 rings (SSSR count). The zero-order chi connectivity index (χ0) is 14.5. The Labute approximate surface area is 117 Å². The van der Waals surface area contributed by atoms with Crippen LogP contribution < -0.4 is 4.72 Å². The maximum Gasteiger partial charge on any atom is 0.321 e. The van der Waals surface area contributed by atoms with Crippen LogP contribution in [0.4, 0.5) is 0 Å². The second kappa shape index (κ2) is 6.74. The van der Waals surface area contributed by atoms with Crippen LogP contribution in [0.1, 0.15) is 12.0 Å². The molecule has 0 radical (unpaired) electrons. The highest BCUT2D eigenvalue weighted by molar-refractivity contribution is 7.89. The number of sulfonamides is 1. The van der Waals surface area contributed by atoms with Gasteiger partial charge in [-0.3, -0.25) is 4.79 Å². The number of carboxylic acid groups (broad SMARTS) is 1. The number of carboxylic acids is 1. The van der Waals surface area contributed by atoms with Crippen molar-refractivity contribution in [3.8, 4) is 0 Å². The molecule has 2 N–H and O–H groups in total. The minimum Gasteiger partial charge on any atom is -0.480 e. The Bertz CT molecular complexity index is 552. The second-order valence-electron chi connectivity index (χ2n) is 3.80. The van der Waals surface area contributed by atoms with Crippen LogP contribution in [0.2, 0.25) is 0 Å². The summed E-state index contributed by atoms with van der Waals surface area (Å²) in [5.41, 5.74) is 0.782. The van der Waals surface area contributed by atoms with E-state index in [4.69, 9.17) is 5.11 Å². The van der Waals surface area contributed by atoms with E-state index in [1.54, 1.807) is 18.2 Å². The normalized spacial score (nSPS) is 12.9. The minimum absolute atomic E-state index is 0.0171. The van der Waals surface area contributed by atoms with Crippen LogP contribution in [0.5, 0.6) is 0 Å². The monoisotopic (exact) mass is 301 g/mol. The second-order valence-corrected chi connectivity index (χ2v) is 5.96. The van der Waals surface area contributed by atoms with E-state index >= 15 is 0 Å². The van der Waals surface area contributed by atoms with Crippen molar-refractivity contribution in [3.63, 3.8) is 0 Å². The first-order valence-corrected chi connectivity index (χ1v) is 7.61. The van der Waals surface area contributed by atoms with Gasteiger partial charge in [0.05, 0.1) is 4.90 Å². The average Bonchev–Trinajstić information content (AvgIpc) is 2.38. The number of hydrogen-bond donors (Lipinski definition) is 3. The number of thiol groups is 1. The lowest BCUT2D eigenvalue weighted by atomic mass is 10.2. The van der Waals surface area contributed by atoms with E-state index < -0.39 is 22.0 Å². The van der Waals surface area contributed by atoms with E-state index in [1.807, 2.05) is 0 Å². The molecule has 5 nitrogen and oxygen atoms in total. The van der Waals surface area contributed by atoms with Gasteiger partial charge >= 0.3 is 5.97 Å². The van der Waals surface area contributed by atoms with Gasteiger partial charge in [-0.05, 0) is 29.9 Å². The highest BCUT2D eigenvalue weighted by Crippen LogP contribution is 2.12. The van der Waals surface area contributed by atoms with Crippen molar-refractivity contribution < 1.29 is 18.3 Å². The molecular formula is C12H15NO4S2. The SMILES string of the molecule is C=Cc1ccc(S(=O)(=O)N[C@@H](CCS)C(=O)O)cc1. The summed E-state index contributed by atoms with van der Waals surface area (Å²) in [6, 6.07) is 4.81. The highest BCUT2D eigenvalue weighted by atomic mass is 32.2. The van der Waals surface area contributed by atoms with Crippen molar-refractivity contribution in [1.29, 1.82) is 0 Å². The van der Waals surface area contributed by atoms with Crippen LogP contribution in [0, 0.1) is 0 Å². The molecule has 0 saturated carbocycles. The van der Waals surface area contributed by atoms with Crippen LogP contribution in [0.15, 0.2) is 35.7 Å². The molecule has 0 saturated heterocycles. The lowest BCUT2D eigenvalue weighted by Crippen LogP contribution is -2.40. The number of carbonyl (C=O) groups is 1. The van der Waals surface area contributed by atoms with Gasteiger partial charge in [-0.15, -0.1) is 0 Å². The number of hydrogen-bond acceptors (Lipinski definition) is 4. The van der Waals surface area contributed by atoms with Gasteiger partial charge in [0.15, 0.2) is 0 Å². The Morgan fingerprint density at radius 1 is 1.42 bits per heavy atom. The Balaban J connectivity index is 2.95. The van der Waals surface area contributed by atoms with Gasteiger partial charge in [0.25, 0.3) is 0 Å². The summed E-state index contributed by atoms with van der Waals surface area (Å²) in [4.78, 5) is 10.9. The zero-order valence-electron chi connectivity index (χ0n) is 10.1. The fourth-order valence-corrected chi connectivity index (χ4v) is 2.88. The van der Waals surface area contributed by atoms with Gasteiger partial charge in [0.1, 0.15) is 6.04 Å². The summed E-state index contributed by atoms with van der Waals surface area (Å²) in [6.45, 7) is 3.57.